The van der Waals surface area contributed by atoms with Gasteiger partial charge in [0, 0.05) is 117 Å². The first-order valence-corrected chi connectivity index (χ1v) is 27.4. The van der Waals surface area contributed by atoms with Crippen LogP contribution in [0.1, 0.15) is 93.7 Å². The summed E-state index contributed by atoms with van der Waals surface area (Å²) in [6.07, 6.45) is 8.13. The number of carbonyl (C=O) groups is 8. The molecule has 3 atom stereocenters. The maximum Gasteiger partial charge on any atom is 0.243 e. The van der Waals surface area contributed by atoms with E-state index in [1.807, 2.05) is 91.0 Å². The molecule has 20 nitrogen and oxygen atoms in total. The molecule has 3 aromatic carbocycles. The normalized spacial score (nSPS) is 18.4. The monoisotopic (exact) mass is 1070 g/mol. The van der Waals surface area contributed by atoms with Crippen LogP contribution in [-0.4, -0.2) is 149 Å². The van der Waals surface area contributed by atoms with Gasteiger partial charge in [0.15, 0.2) is 0 Å². The van der Waals surface area contributed by atoms with Crippen molar-refractivity contribution in [2.45, 2.75) is 126 Å². The third-order valence-electron chi connectivity index (χ3n) is 13.5. The van der Waals surface area contributed by atoms with Crippen molar-refractivity contribution >= 4 is 48.0 Å². The summed E-state index contributed by atoms with van der Waals surface area (Å²) < 4.78 is 0. The van der Waals surface area contributed by atoms with Gasteiger partial charge in [0.2, 0.25) is 35.4 Å². The van der Waals surface area contributed by atoms with E-state index < -0.39 is 41.0 Å². The van der Waals surface area contributed by atoms with E-state index in [1.54, 1.807) is 0 Å². The molecule has 6 amide bonds. The molecule has 0 radical (unpaired) electrons. The van der Waals surface area contributed by atoms with Crippen molar-refractivity contribution in [3.8, 4) is 0 Å². The minimum absolute atomic E-state index is 0.0289. The number of benzene rings is 3. The molecular formula is C57H86N12O8. The molecule has 0 saturated carbocycles. The maximum atomic E-state index is 14.1. The molecule has 3 unspecified atom stereocenters. The lowest BCUT2D eigenvalue weighted by Gasteiger charge is -2.36. The lowest BCUT2D eigenvalue weighted by molar-refractivity contribution is -0.132. The predicted octanol–water partition coefficient (Wildman–Crippen LogP) is 0.363. The Balaban J connectivity index is 1.25. The molecule has 4 rings (SSSR count). The van der Waals surface area contributed by atoms with Crippen molar-refractivity contribution in [3.05, 3.63) is 108 Å². The quantitative estimate of drug-likeness (QED) is 0.0297. The van der Waals surface area contributed by atoms with Crippen molar-refractivity contribution < 1.29 is 38.4 Å². The Morgan fingerprint density at radius 3 is 1.32 bits per heavy atom. The molecule has 1 aliphatic heterocycles. The second-order valence-corrected chi connectivity index (χ2v) is 20.1. The lowest BCUT2D eigenvalue weighted by atomic mass is 9.97. The van der Waals surface area contributed by atoms with E-state index >= 15 is 0 Å². The summed E-state index contributed by atoms with van der Waals surface area (Å²) in [5.74, 6) is -2.07. The van der Waals surface area contributed by atoms with Crippen LogP contribution in [0.15, 0.2) is 91.0 Å². The Morgan fingerprint density at radius 1 is 0.481 bits per heavy atom. The Bertz CT molecular complexity index is 2210. The van der Waals surface area contributed by atoms with Crippen molar-refractivity contribution in [1.29, 1.82) is 0 Å². The van der Waals surface area contributed by atoms with Crippen molar-refractivity contribution in [3.63, 3.8) is 0 Å². The molecule has 422 valence electrons. The second kappa shape index (κ2) is 36.6. The van der Waals surface area contributed by atoms with Crippen LogP contribution in [0.3, 0.4) is 0 Å². The predicted molar refractivity (Wildman–Crippen MR) is 298 cm³/mol. The van der Waals surface area contributed by atoms with E-state index in [4.69, 9.17) is 11.5 Å². The third-order valence-corrected chi connectivity index (χ3v) is 13.5. The van der Waals surface area contributed by atoms with E-state index in [0.717, 1.165) is 61.4 Å². The number of hydrogen-bond donors (Lipinski definition) is 12. The van der Waals surface area contributed by atoms with E-state index in [-0.39, 0.29) is 81.7 Å². The smallest absolute Gasteiger partial charge is 0.243 e. The Labute approximate surface area is 454 Å². The number of unbranched alkanes of at least 4 members (excludes halogenated alkanes) is 5. The maximum absolute atomic E-state index is 14.1. The highest BCUT2D eigenvalue weighted by Crippen LogP contribution is 2.11. The molecule has 77 heavy (non-hydrogen) atoms. The van der Waals surface area contributed by atoms with Crippen LogP contribution in [0.2, 0.25) is 0 Å². The highest BCUT2D eigenvalue weighted by atomic mass is 16.2. The lowest BCUT2D eigenvalue weighted by Crippen LogP contribution is -2.66. The molecule has 1 fully saturated rings. The van der Waals surface area contributed by atoms with Crippen LogP contribution in [0.5, 0.6) is 0 Å². The van der Waals surface area contributed by atoms with Crippen LogP contribution < -0.4 is 64.6 Å². The summed E-state index contributed by atoms with van der Waals surface area (Å²) in [5, 5.41) is 31.3. The standard InChI is InChI=1S/C57H86N12O8/c58-38-56(68-52(74)26-16-24-50(72)65-47(37-71)34-44-18-8-5-9-19-44)40-60-29-31-62-42-57(39-59,43-63-32-30-61-41-56)69-53(75)27-17-25-51(73)66-49(36-46-22-12-7-13-23-46)55(77)67-48(35-45-20-10-6-11-21-45)54(76)64-28-14-3-1-2-4-15-33-70/h5-13,18-23,33,37,47-49,60-63H,1-4,14-17,24-32,34-36,38-43,58-59H2,(H,64,76)(H,65,72)(H,66,73)(H,67,77)(H,68,74)(H,69,75). The topological polar surface area (TPSA) is 309 Å². The van der Waals surface area contributed by atoms with Crippen LogP contribution >= 0.6 is 0 Å². The van der Waals surface area contributed by atoms with Gasteiger partial charge in [-0.05, 0) is 48.8 Å². The molecule has 0 spiro atoms. The van der Waals surface area contributed by atoms with E-state index in [9.17, 15) is 38.4 Å². The summed E-state index contributed by atoms with van der Waals surface area (Å²) in [6.45, 7) is 4.13. The van der Waals surface area contributed by atoms with Gasteiger partial charge in [0.05, 0.1) is 17.1 Å². The Kier molecular flexibility index (Phi) is 30.0. The van der Waals surface area contributed by atoms with Gasteiger partial charge < -0.3 is 74.2 Å². The largest absolute Gasteiger partial charge is 0.354 e. The summed E-state index contributed by atoms with van der Waals surface area (Å²) in [6, 6.07) is 25.6. The first-order valence-electron chi connectivity index (χ1n) is 27.4. The van der Waals surface area contributed by atoms with Crippen LogP contribution in [0.4, 0.5) is 0 Å². The zero-order valence-corrected chi connectivity index (χ0v) is 44.9. The van der Waals surface area contributed by atoms with Crippen LogP contribution in [0.25, 0.3) is 0 Å². The summed E-state index contributed by atoms with van der Waals surface area (Å²) in [4.78, 5) is 103. The molecule has 0 aliphatic carbocycles. The molecule has 14 N–H and O–H groups in total. The van der Waals surface area contributed by atoms with Gasteiger partial charge in [0.1, 0.15) is 24.7 Å². The molecular weight excluding hydrogens is 981 g/mol. The number of rotatable bonds is 32. The van der Waals surface area contributed by atoms with Crippen molar-refractivity contribution in [1.82, 2.24) is 53.2 Å². The van der Waals surface area contributed by atoms with Gasteiger partial charge in [0.25, 0.3) is 0 Å². The number of nitrogens with two attached hydrogens (primary N) is 2. The fourth-order valence-electron chi connectivity index (χ4n) is 9.05. The van der Waals surface area contributed by atoms with Gasteiger partial charge >= 0.3 is 0 Å². The number of hydrogen-bond acceptors (Lipinski definition) is 14. The van der Waals surface area contributed by atoms with Crippen molar-refractivity contribution in [2.75, 3.05) is 72.0 Å². The third kappa shape index (κ3) is 25.5. The summed E-state index contributed by atoms with van der Waals surface area (Å²) >= 11 is 0. The van der Waals surface area contributed by atoms with Gasteiger partial charge in [-0.25, -0.2) is 0 Å². The zero-order chi connectivity index (χ0) is 55.4. The van der Waals surface area contributed by atoms with Gasteiger partial charge in [-0.3, -0.25) is 28.8 Å². The SMILES string of the molecule is NCC1(NC(=O)CCCC(=O)NC(C=O)Cc2ccccc2)CNCCNCC(CN)(NC(=O)CCCC(=O)NC(Cc2ccccc2)C(=O)NC(Cc2ccccc2)C(=O)NCCCCCCCC=O)CNCCNC1. The van der Waals surface area contributed by atoms with Gasteiger partial charge in [-0.15, -0.1) is 0 Å². The Hall–Kier alpha value is -6.42. The minimum atomic E-state index is -1.00. The van der Waals surface area contributed by atoms with Gasteiger partial charge in [-0.1, -0.05) is 110 Å². The van der Waals surface area contributed by atoms with E-state index in [0.29, 0.717) is 78.2 Å². The highest BCUT2D eigenvalue weighted by molar-refractivity contribution is 5.92. The number of aldehydes is 2. The average Bonchev–Trinajstić information content (AvgIpc) is 3.43. The number of amides is 6. The van der Waals surface area contributed by atoms with Crippen LogP contribution in [0, 0.1) is 0 Å². The molecule has 1 heterocycles. The summed E-state index contributed by atoms with van der Waals surface area (Å²) in [7, 11) is 0. The zero-order valence-electron chi connectivity index (χ0n) is 44.9. The first-order chi connectivity index (χ1) is 37.4. The fraction of sp³-hybridized carbons (Fsp3) is 0.544. The first kappa shape index (κ1) is 63.1. The van der Waals surface area contributed by atoms with Crippen LogP contribution in [-0.2, 0) is 57.6 Å². The molecule has 1 saturated heterocycles. The number of carbonyl (C=O) groups excluding carboxylic acids is 8. The average molecular weight is 1070 g/mol. The van der Waals surface area contributed by atoms with E-state index in [2.05, 4.69) is 53.2 Å². The van der Waals surface area contributed by atoms with Crippen molar-refractivity contribution in [2.24, 2.45) is 11.5 Å². The molecule has 3 aromatic rings. The molecule has 0 bridgehead atoms. The second-order valence-electron chi connectivity index (χ2n) is 20.1. The fourth-order valence-corrected chi connectivity index (χ4v) is 9.05. The molecule has 20 heteroatoms. The Morgan fingerprint density at radius 2 is 0.883 bits per heavy atom. The minimum Gasteiger partial charge on any atom is -0.354 e. The highest BCUT2D eigenvalue weighted by Gasteiger charge is 2.33. The number of nitrogens with one attached hydrogen (secondary N) is 10. The summed E-state index contributed by atoms with van der Waals surface area (Å²) in [5.41, 5.74) is 13.6. The van der Waals surface area contributed by atoms with E-state index in [1.165, 1.54) is 0 Å². The molecule has 0 aromatic heterocycles. The molecule has 1 aliphatic rings. The van der Waals surface area contributed by atoms with Gasteiger partial charge in [-0.2, -0.15) is 0 Å².